The molecule has 134 valence electrons. The zero-order valence-corrected chi connectivity index (χ0v) is 13.6. The van der Waals surface area contributed by atoms with Crippen LogP contribution in [-0.4, -0.2) is 45.1 Å². The van der Waals surface area contributed by atoms with E-state index >= 15 is 0 Å². The lowest BCUT2D eigenvalue weighted by atomic mass is 10.2. The van der Waals surface area contributed by atoms with E-state index in [9.17, 15) is 9.90 Å². The molecule has 0 amide bonds. The summed E-state index contributed by atoms with van der Waals surface area (Å²) in [5.41, 5.74) is 13.7. The largest absolute Gasteiger partial charge is 0.394 e. The van der Waals surface area contributed by atoms with Crippen LogP contribution in [0.5, 0.6) is 0 Å². The van der Waals surface area contributed by atoms with Gasteiger partial charge in [0.05, 0.1) is 18.3 Å². The smallest absolute Gasteiger partial charge is 0.351 e. The highest BCUT2D eigenvalue weighted by molar-refractivity contribution is 5.48. The van der Waals surface area contributed by atoms with Crippen LogP contribution in [0.3, 0.4) is 0 Å². The molecule has 1 saturated heterocycles. The quantitative estimate of drug-likeness (QED) is 0.220. The molecule has 2 heterocycles. The van der Waals surface area contributed by atoms with Gasteiger partial charge in [-0.2, -0.15) is 4.98 Å². The Morgan fingerprint density at radius 1 is 1.56 bits per heavy atom. The van der Waals surface area contributed by atoms with E-state index in [1.54, 1.807) is 0 Å². The van der Waals surface area contributed by atoms with Gasteiger partial charge in [-0.05, 0) is 18.4 Å². The van der Waals surface area contributed by atoms with Crippen LogP contribution in [0.1, 0.15) is 37.5 Å². The summed E-state index contributed by atoms with van der Waals surface area (Å²) in [5.74, 6) is 5.83. The highest BCUT2D eigenvalue weighted by Crippen LogP contribution is 2.27. The van der Waals surface area contributed by atoms with Gasteiger partial charge in [-0.15, -0.1) is 0 Å². The van der Waals surface area contributed by atoms with Gasteiger partial charge in [0.2, 0.25) is 0 Å². The Morgan fingerprint density at radius 3 is 3.04 bits per heavy atom. The molecule has 4 N–H and O–H groups in total. The van der Waals surface area contributed by atoms with Gasteiger partial charge in [-0.1, -0.05) is 17.0 Å². The maximum Gasteiger partial charge on any atom is 0.351 e. The summed E-state index contributed by atoms with van der Waals surface area (Å²) < 4.78 is 6.68. The number of hydrogen-bond donors (Lipinski definition) is 3. The van der Waals surface area contributed by atoms with Crippen molar-refractivity contribution in [3.8, 4) is 11.8 Å². The number of unbranched alkanes of at least 4 members (excludes halogenated alkanes) is 2. The van der Waals surface area contributed by atoms with Gasteiger partial charge in [0.1, 0.15) is 18.1 Å². The maximum atomic E-state index is 12.0. The molecule has 0 spiro atoms. The number of azide groups is 1. The number of nitrogen functional groups attached to an aromatic ring is 1. The number of nitrogens with zero attached hydrogens (tertiary/aromatic N) is 5. The molecule has 1 aliphatic rings. The lowest BCUT2D eigenvalue weighted by Gasteiger charge is -2.14. The molecule has 10 nitrogen and oxygen atoms in total. The second-order valence-electron chi connectivity index (χ2n) is 5.56. The molecule has 1 aliphatic heterocycles. The summed E-state index contributed by atoms with van der Waals surface area (Å²) >= 11 is 0. The predicted molar refractivity (Wildman–Crippen MR) is 89.3 cm³/mol. The summed E-state index contributed by atoms with van der Waals surface area (Å²) in [6, 6.07) is 0. The Hall–Kier alpha value is -2.57. The molecule has 0 bridgehead atoms. The van der Waals surface area contributed by atoms with Crippen LogP contribution in [0.25, 0.3) is 10.4 Å². The van der Waals surface area contributed by atoms with Crippen LogP contribution in [-0.2, 0) is 4.74 Å². The van der Waals surface area contributed by atoms with Crippen molar-refractivity contribution in [1.82, 2.24) is 9.55 Å². The number of nitrogens with two attached hydrogens (primary N) is 1. The van der Waals surface area contributed by atoms with E-state index in [-0.39, 0.29) is 18.8 Å². The minimum absolute atomic E-state index is 0.0279. The third-order valence-corrected chi connectivity index (χ3v) is 3.77. The lowest BCUT2D eigenvalue weighted by Crippen LogP contribution is -2.28. The molecule has 1 aromatic rings. The molecule has 3 atom stereocenters. The first-order valence-corrected chi connectivity index (χ1v) is 7.89. The first-order chi connectivity index (χ1) is 12.1. The Bertz CT molecular complexity index is 762. The molecule has 1 fully saturated rings. The number of anilines is 1. The summed E-state index contributed by atoms with van der Waals surface area (Å²) in [5, 5.41) is 22.4. The van der Waals surface area contributed by atoms with Crippen LogP contribution in [0, 0.1) is 11.8 Å². The molecule has 2 rings (SSSR count). The van der Waals surface area contributed by atoms with Gasteiger partial charge >= 0.3 is 5.69 Å². The second kappa shape index (κ2) is 9.05. The van der Waals surface area contributed by atoms with E-state index in [1.807, 2.05) is 0 Å². The van der Waals surface area contributed by atoms with Crippen molar-refractivity contribution in [3.05, 3.63) is 32.7 Å². The summed E-state index contributed by atoms with van der Waals surface area (Å²) in [6.07, 6.45) is 1.40. The van der Waals surface area contributed by atoms with Gasteiger partial charge in [0.25, 0.3) is 0 Å². The molecular weight excluding hydrogens is 328 g/mol. The van der Waals surface area contributed by atoms with E-state index in [2.05, 4.69) is 26.9 Å². The highest BCUT2D eigenvalue weighted by atomic mass is 16.5. The fourth-order valence-corrected chi connectivity index (χ4v) is 2.43. The Kier molecular flexibility index (Phi) is 6.80. The molecule has 0 unspecified atom stereocenters. The monoisotopic (exact) mass is 348 g/mol. The van der Waals surface area contributed by atoms with Crippen LogP contribution in [0.15, 0.2) is 16.1 Å². The van der Waals surface area contributed by atoms with Gasteiger partial charge in [0, 0.05) is 30.5 Å². The second-order valence-corrected chi connectivity index (χ2v) is 5.56. The van der Waals surface area contributed by atoms with Crippen molar-refractivity contribution in [1.29, 1.82) is 0 Å². The van der Waals surface area contributed by atoms with Crippen LogP contribution >= 0.6 is 0 Å². The Morgan fingerprint density at radius 2 is 2.36 bits per heavy atom. The summed E-state index contributed by atoms with van der Waals surface area (Å²) in [7, 11) is 0. The van der Waals surface area contributed by atoms with Crippen molar-refractivity contribution >= 4 is 5.82 Å². The van der Waals surface area contributed by atoms with E-state index in [4.69, 9.17) is 21.1 Å². The van der Waals surface area contributed by atoms with Gasteiger partial charge in [-0.25, -0.2) is 4.79 Å². The molecule has 0 aromatic carbocycles. The first-order valence-electron chi connectivity index (χ1n) is 7.89. The van der Waals surface area contributed by atoms with E-state index < -0.39 is 24.1 Å². The van der Waals surface area contributed by atoms with Crippen molar-refractivity contribution in [3.63, 3.8) is 0 Å². The number of ether oxygens (including phenoxy) is 1. The molecule has 0 aliphatic carbocycles. The lowest BCUT2D eigenvalue weighted by molar-refractivity contribution is -0.0458. The third kappa shape index (κ3) is 4.95. The van der Waals surface area contributed by atoms with Crippen molar-refractivity contribution in [2.45, 2.75) is 44.1 Å². The number of hydrogen-bond acceptors (Lipinski definition) is 7. The standard InChI is InChI=1S/C15H20N6O4/c16-14-10(5-3-1-2-4-6-18-20-17)8-21(15(24)19-14)13-7-11(23)12(9-22)25-13/h8,11-13,22-23H,1-2,4,6-7,9H2,(H2,16,19,24)/t11-,12+,13+/m0/s1. The average Bonchev–Trinajstić information content (AvgIpc) is 2.96. The molecule has 25 heavy (non-hydrogen) atoms. The molecule has 1 aromatic heterocycles. The van der Waals surface area contributed by atoms with Crippen LogP contribution in [0.2, 0.25) is 0 Å². The van der Waals surface area contributed by atoms with E-state index in [0.29, 0.717) is 18.5 Å². The summed E-state index contributed by atoms with van der Waals surface area (Å²) in [4.78, 5) is 18.4. The zero-order valence-electron chi connectivity index (χ0n) is 13.6. The van der Waals surface area contributed by atoms with E-state index in [1.165, 1.54) is 10.8 Å². The van der Waals surface area contributed by atoms with Gasteiger partial charge in [-0.3, -0.25) is 4.57 Å². The molecule has 0 radical (unpaired) electrons. The predicted octanol–water partition coefficient (Wildman–Crippen LogP) is 0.298. The first kappa shape index (κ1) is 18.8. The Labute approximate surface area is 143 Å². The van der Waals surface area contributed by atoms with Crippen molar-refractivity contribution < 1.29 is 14.9 Å². The van der Waals surface area contributed by atoms with Crippen molar-refractivity contribution in [2.24, 2.45) is 5.11 Å². The third-order valence-electron chi connectivity index (χ3n) is 3.77. The normalized spacial score (nSPS) is 22.1. The van der Waals surface area contributed by atoms with Gasteiger partial charge in [0.15, 0.2) is 0 Å². The molecule has 0 saturated carbocycles. The van der Waals surface area contributed by atoms with Gasteiger partial charge < -0.3 is 20.7 Å². The minimum Gasteiger partial charge on any atom is -0.394 e. The van der Waals surface area contributed by atoms with Crippen molar-refractivity contribution in [2.75, 3.05) is 18.9 Å². The fraction of sp³-hybridized carbons (Fsp3) is 0.600. The maximum absolute atomic E-state index is 12.0. The SMILES string of the molecule is [N-]=[N+]=NCCCCC#Cc1cn([C@H]2C[C@H](O)[C@@H](CO)O2)c(=O)nc1N. The zero-order chi connectivity index (χ0) is 18.2. The fourth-order valence-electron chi connectivity index (χ4n) is 2.43. The van der Waals surface area contributed by atoms with E-state index in [0.717, 1.165) is 12.8 Å². The Balaban J connectivity index is 2.08. The number of aliphatic hydroxyl groups excluding tert-OH is 2. The molecule has 10 heteroatoms. The minimum atomic E-state index is -0.856. The highest BCUT2D eigenvalue weighted by Gasteiger charge is 2.35. The number of aliphatic hydroxyl groups is 2. The topological polar surface area (TPSA) is 159 Å². The number of rotatable bonds is 6. The average molecular weight is 348 g/mol. The van der Waals surface area contributed by atoms with Crippen LogP contribution < -0.4 is 11.4 Å². The number of aromatic nitrogens is 2. The van der Waals surface area contributed by atoms with Crippen LogP contribution in [0.4, 0.5) is 5.82 Å². The molecular formula is C15H20N6O4. The summed E-state index contributed by atoms with van der Waals surface area (Å²) in [6.45, 7) is 0.0947.